The highest BCUT2D eigenvalue weighted by atomic mass is 32.1. The summed E-state index contributed by atoms with van der Waals surface area (Å²) in [6.07, 6.45) is 5.42. The molecule has 0 bridgehead atoms. The van der Waals surface area contributed by atoms with Gasteiger partial charge >= 0.3 is 0 Å². The van der Waals surface area contributed by atoms with Crippen molar-refractivity contribution in [2.75, 3.05) is 31.0 Å². The van der Waals surface area contributed by atoms with Crippen LogP contribution >= 0.6 is 12.2 Å². The van der Waals surface area contributed by atoms with Gasteiger partial charge in [0.25, 0.3) is 0 Å². The number of methoxy groups -OCH3 is 2. The Morgan fingerprint density at radius 3 is 2.58 bits per heavy atom. The maximum absolute atomic E-state index is 12.4. The van der Waals surface area contributed by atoms with Gasteiger partial charge in [0, 0.05) is 49.3 Å². The van der Waals surface area contributed by atoms with E-state index in [0.717, 1.165) is 34.9 Å². The van der Waals surface area contributed by atoms with Crippen LogP contribution in [-0.4, -0.2) is 46.4 Å². The summed E-state index contributed by atoms with van der Waals surface area (Å²) in [5, 5.41) is 6.98. The second kappa shape index (κ2) is 11.8. The average Bonchev–Trinajstić information content (AvgIpc) is 3.45. The number of nitrogens with zero attached hydrogens (tertiary/aromatic N) is 4. The molecule has 1 saturated heterocycles. The van der Waals surface area contributed by atoms with Crippen LogP contribution in [0.5, 0.6) is 5.75 Å². The summed E-state index contributed by atoms with van der Waals surface area (Å²) in [7, 11) is 3.05. The van der Waals surface area contributed by atoms with Gasteiger partial charge < -0.3 is 29.6 Å². The Morgan fingerprint density at radius 2 is 1.88 bits per heavy atom. The van der Waals surface area contributed by atoms with Gasteiger partial charge in [-0.1, -0.05) is 6.07 Å². The quantitative estimate of drug-likeness (QED) is 0.286. The van der Waals surface area contributed by atoms with Crippen LogP contribution in [0.3, 0.4) is 0 Å². The zero-order valence-electron chi connectivity index (χ0n) is 22.9. The van der Waals surface area contributed by atoms with Gasteiger partial charge in [-0.25, -0.2) is 0 Å². The highest BCUT2D eigenvalue weighted by molar-refractivity contribution is 7.80. The van der Waals surface area contributed by atoms with Gasteiger partial charge in [0.05, 0.1) is 30.6 Å². The highest BCUT2D eigenvalue weighted by Gasteiger charge is 2.42. The van der Waals surface area contributed by atoms with Gasteiger partial charge in [-0.2, -0.15) is 0 Å². The predicted molar refractivity (Wildman–Crippen MR) is 159 cm³/mol. The fourth-order valence-corrected chi connectivity index (χ4v) is 5.60. The van der Waals surface area contributed by atoms with Crippen molar-refractivity contribution >= 4 is 34.6 Å². The van der Waals surface area contributed by atoms with Gasteiger partial charge in [0.15, 0.2) is 5.11 Å². The van der Waals surface area contributed by atoms with Crippen molar-refractivity contribution in [3.05, 3.63) is 101 Å². The fraction of sp³-hybridized carbons (Fsp3) is 0.267. The number of aromatic nitrogens is 3. The van der Waals surface area contributed by atoms with E-state index in [1.54, 1.807) is 13.3 Å². The lowest BCUT2D eigenvalue weighted by atomic mass is 9.96. The third-order valence-electron chi connectivity index (χ3n) is 7.13. The molecule has 1 fully saturated rings. The Morgan fingerprint density at radius 1 is 1.07 bits per heavy atom. The van der Waals surface area contributed by atoms with E-state index in [9.17, 15) is 4.79 Å². The van der Waals surface area contributed by atoms with E-state index in [2.05, 4.69) is 50.0 Å². The van der Waals surface area contributed by atoms with Crippen molar-refractivity contribution in [3.8, 4) is 5.75 Å². The van der Waals surface area contributed by atoms with Crippen LogP contribution in [-0.2, 0) is 16.1 Å². The summed E-state index contributed by atoms with van der Waals surface area (Å²) < 4.78 is 12.8. The van der Waals surface area contributed by atoms with Gasteiger partial charge in [-0.05, 0) is 85.7 Å². The van der Waals surface area contributed by atoms with Crippen molar-refractivity contribution < 1.29 is 14.3 Å². The van der Waals surface area contributed by atoms with Crippen LogP contribution in [0.25, 0.3) is 0 Å². The lowest BCUT2D eigenvalue weighted by Crippen LogP contribution is -2.29. The largest absolute Gasteiger partial charge is 0.495 e. The predicted octanol–water partition coefficient (Wildman–Crippen LogP) is 4.71. The molecule has 1 aliphatic rings. The summed E-state index contributed by atoms with van der Waals surface area (Å²) in [5.74, 6) is 0.266. The second-order valence-corrected chi connectivity index (χ2v) is 10.0. The van der Waals surface area contributed by atoms with E-state index < -0.39 is 0 Å². The van der Waals surface area contributed by atoms with Crippen molar-refractivity contribution in [2.45, 2.75) is 32.5 Å². The molecule has 2 N–H and O–H groups in total. The van der Waals surface area contributed by atoms with Crippen LogP contribution in [0.1, 0.15) is 40.3 Å². The Balaban J connectivity index is 1.60. The smallest absolute Gasteiger partial charge is 0.250 e. The van der Waals surface area contributed by atoms with Gasteiger partial charge in [-0.15, -0.1) is 0 Å². The minimum absolute atomic E-state index is 0.0646. The van der Waals surface area contributed by atoms with Crippen molar-refractivity contribution in [2.24, 2.45) is 0 Å². The highest BCUT2D eigenvalue weighted by Crippen LogP contribution is 2.44. The maximum atomic E-state index is 12.4. The summed E-state index contributed by atoms with van der Waals surface area (Å²) in [5.41, 5.74) is 6.83. The Kier molecular flexibility index (Phi) is 8.09. The van der Waals surface area contributed by atoms with Crippen LogP contribution in [0.4, 0.5) is 11.4 Å². The van der Waals surface area contributed by atoms with Gasteiger partial charge in [0.2, 0.25) is 5.91 Å². The molecule has 1 amide bonds. The molecule has 4 heterocycles. The maximum Gasteiger partial charge on any atom is 0.250 e. The lowest BCUT2D eigenvalue weighted by molar-refractivity contribution is -0.119. The number of carbonyl (C=O) groups is 1. The van der Waals surface area contributed by atoms with E-state index in [1.165, 1.54) is 12.7 Å². The van der Waals surface area contributed by atoms with Gasteiger partial charge in [-0.3, -0.25) is 14.8 Å². The van der Waals surface area contributed by atoms with Crippen molar-refractivity contribution in [1.82, 2.24) is 19.9 Å². The van der Waals surface area contributed by atoms with E-state index in [1.807, 2.05) is 60.9 Å². The Bertz CT molecular complexity index is 1510. The SMILES string of the molecule is COCC(=O)Nc1cc(N2C(=S)N[C@@H](c3ccccn3)[C@@H]2c2cc(C)n(Cc3ccncc3)c2C)ccc1OC. The molecule has 0 saturated carbocycles. The molecule has 206 valence electrons. The molecule has 0 unspecified atom stereocenters. The number of nitrogens with one attached hydrogen (secondary N) is 2. The number of thiocarbonyl (C=S) groups is 1. The normalized spacial score (nSPS) is 16.6. The molecule has 1 aliphatic heterocycles. The number of amides is 1. The molecule has 3 aromatic heterocycles. The molecule has 5 rings (SSSR count). The molecule has 0 spiro atoms. The van der Waals surface area contributed by atoms with Crippen molar-refractivity contribution in [3.63, 3.8) is 0 Å². The number of hydrogen-bond donors (Lipinski definition) is 2. The number of anilines is 2. The van der Waals surface area contributed by atoms with Crippen LogP contribution in [0.2, 0.25) is 0 Å². The zero-order valence-corrected chi connectivity index (χ0v) is 23.7. The number of hydrogen-bond acceptors (Lipinski definition) is 6. The minimum Gasteiger partial charge on any atom is -0.495 e. The summed E-state index contributed by atoms with van der Waals surface area (Å²) in [4.78, 5) is 23.3. The molecule has 40 heavy (non-hydrogen) atoms. The standard InChI is InChI=1S/C30H32N6O3S/c1-19-15-23(20(2)35(19)17-21-10-13-31-14-11-21)29-28(24-7-5-6-12-32-24)34-30(40)36(29)22-8-9-26(39-4)25(16-22)33-27(37)18-38-3/h5-16,28-29H,17-18H2,1-4H3,(H,33,37)(H,34,40)/t28-,29-/m0/s1. The first-order valence-corrected chi connectivity index (χ1v) is 13.3. The topological polar surface area (TPSA) is 93.5 Å². The number of carbonyl (C=O) groups excluding carboxylic acids is 1. The number of ether oxygens (including phenoxy) is 2. The first-order chi connectivity index (χ1) is 19.4. The van der Waals surface area contributed by atoms with E-state index >= 15 is 0 Å². The van der Waals surface area contributed by atoms with E-state index in [4.69, 9.17) is 21.7 Å². The summed E-state index contributed by atoms with van der Waals surface area (Å²) in [6.45, 7) is 4.93. The minimum atomic E-state index is -0.275. The molecule has 2 atom stereocenters. The number of pyridine rings is 2. The molecule has 9 nitrogen and oxygen atoms in total. The third-order valence-corrected chi connectivity index (χ3v) is 7.44. The Hall–Kier alpha value is -4.28. The van der Waals surface area contributed by atoms with Crippen molar-refractivity contribution in [1.29, 1.82) is 0 Å². The second-order valence-electron chi connectivity index (χ2n) is 9.63. The lowest BCUT2D eigenvalue weighted by Gasteiger charge is -2.29. The molecule has 10 heteroatoms. The molecule has 0 aliphatic carbocycles. The first kappa shape index (κ1) is 27.3. The monoisotopic (exact) mass is 556 g/mol. The van der Waals surface area contributed by atoms with E-state index in [-0.39, 0.29) is 24.6 Å². The average molecular weight is 557 g/mol. The molecule has 0 radical (unpaired) electrons. The zero-order chi connectivity index (χ0) is 28.2. The van der Waals surface area contributed by atoms with Gasteiger partial charge in [0.1, 0.15) is 12.4 Å². The molecular formula is C30H32N6O3S. The molecular weight excluding hydrogens is 524 g/mol. The number of aryl methyl sites for hydroxylation is 1. The Labute approximate surface area is 239 Å². The van der Waals surface area contributed by atoms with Crippen LogP contribution in [0, 0.1) is 13.8 Å². The summed E-state index contributed by atoms with van der Waals surface area (Å²) in [6, 6.07) is 17.5. The van der Waals surface area contributed by atoms with Crippen LogP contribution in [0.15, 0.2) is 73.2 Å². The summed E-state index contributed by atoms with van der Waals surface area (Å²) >= 11 is 5.93. The molecule has 4 aromatic rings. The fourth-order valence-electron chi connectivity index (χ4n) is 5.25. The number of benzene rings is 1. The van der Waals surface area contributed by atoms with Crippen LogP contribution < -0.4 is 20.3 Å². The number of rotatable bonds is 9. The van der Waals surface area contributed by atoms with E-state index in [0.29, 0.717) is 16.5 Å². The first-order valence-electron chi connectivity index (χ1n) is 12.9. The third kappa shape index (κ3) is 5.41. The molecule has 1 aromatic carbocycles.